The van der Waals surface area contributed by atoms with E-state index in [-0.39, 0.29) is 17.7 Å². The molecule has 1 atom stereocenters. The number of hydrogen-bond donors (Lipinski definition) is 2. The van der Waals surface area contributed by atoms with Crippen LogP contribution in [-0.2, 0) is 11.3 Å². The van der Waals surface area contributed by atoms with Crippen LogP contribution in [0, 0.1) is 11.8 Å². The van der Waals surface area contributed by atoms with Crippen LogP contribution in [0.1, 0.15) is 19.4 Å². The van der Waals surface area contributed by atoms with Gasteiger partial charge in [0.05, 0.1) is 11.6 Å². The van der Waals surface area contributed by atoms with Gasteiger partial charge in [-0.25, -0.2) is 4.68 Å². The van der Waals surface area contributed by atoms with Crippen molar-refractivity contribution in [3.05, 3.63) is 48.3 Å². The zero-order chi connectivity index (χ0) is 15.2. The average Bonchev–Trinajstić information content (AvgIpc) is 3.00. The minimum absolute atomic E-state index is 0.00256. The summed E-state index contributed by atoms with van der Waals surface area (Å²) in [6, 6.07) is 9.76. The van der Waals surface area contributed by atoms with E-state index in [4.69, 9.17) is 5.73 Å². The lowest BCUT2D eigenvalue weighted by molar-refractivity contribution is -0.126. The summed E-state index contributed by atoms with van der Waals surface area (Å²) < 4.78 is 1.80. The highest BCUT2D eigenvalue weighted by molar-refractivity contribution is 5.79. The van der Waals surface area contributed by atoms with Gasteiger partial charge in [0, 0.05) is 25.5 Å². The van der Waals surface area contributed by atoms with E-state index >= 15 is 0 Å². The van der Waals surface area contributed by atoms with Gasteiger partial charge in [0.25, 0.3) is 0 Å². The Balaban J connectivity index is 2.09. The number of nitrogens with two attached hydrogens (primary N) is 1. The highest BCUT2D eigenvalue weighted by Gasteiger charge is 2.20. The predicted molar refractivity (Wildman–Crippen MR) is 82.8 cm³/mol. The fraction of sp³-hybridized carbons (Fsp3) is 0.375. The molecule has 0 fully saturated rings. The third-order valence-electron chi connectivity index (χ3n) is 3.59. The maximum absolute atomic E-state index is 12.2. The first-order chi connectivity index (χ1) is 10.1. The van der Waals surface area contributed by atoms with Crippen molar-refractivity contribution in [2.24, 2.45) is 17.6 Å². The van der Waals surface area contributed by atoms with Crippen molar-refractivity contribution in [2.45, 2.75) is 20.4 Å². The number of hydrogen-bond acceptors (Lipinski definition) is 3. The number of aromatic nitrogens is 2. The van der Waals surface area contributed by atoms with Gasteiger partial charge in [0.2, 0.25) is 5.91 Å². The highest BCUT2D eigenvalue weighted by Crippen LogP contribution is 2.14. The standard InChI is InChI=1S/C16H22N4O/c1-12(2)14(10-17)16(21)18-11-13-6-3-4-7-15(13)20-9-5-8-19-20/h3-9,12,14H,10-11,17H2,1-2H3,(H,18,21). The maximum Gasteiger partial charge on any atom is 0.224 e. The van der Waals surface area contributed by atoms with Crippen LogP contribution in [-0.4, -0.2) is 22.2 Å². The number of nitrogens with one attached hydrogen (secondary N) is 1. The second kappa shape index (κ2) is 7.04. The molecule has 5 nitrogen and oxygen atoms in total. The fourth-order valence-electron chi connectivity index (χ4n) is 2.29. The molecule has 0 saturated carbocycles. The molecule has 1 amide bonds. The van der Waals surface area contributed by atoms with E-state index < -0.39 is 0 Å². The summed E-state index contributed by atoms with van der Waals surface area (Å²) in [4.78, 5) is 12.2. The summed E-state index contributed by atoms with van der Waals surface area (Å²) >= 11 is 0. The van der Waals surface area contributed by atoms with E-state index in [9.17, 15) is 4.79 Å². The molecular weight excluding hydrogens is 264 g/mol. The molecule has 1 aromatic heterocycles. The van der Waals surface area contributed by atoms with E-state index in [0.717, 1.165) is 11.3 Å². The first-order valence-corrected chi connectivity index (χ1v) is 7.19. The Kier molecular flexibility index (Phi) is 5.11. The van der Waals surface area contributed by atoms with Crippen molar-refractivity contribution in [2.75, 3.05) is 6.54 Å². The first-order valence-electron chi connectivity index (χ1n) is 7.19. The van der Waals surface area contributed by atoms with Crippen molar-refractivity contribution in [1.82, 2.24) is 15.1 Å². The average molecular weight is 286 g/mol. The topological polar surface area (TPSA) is 72.9 Å². The zero-order valence-electron chi connectivity index (χ0n) is 12.5. The molecule has 1 unspecified atom stereocenters. The number of amides is 1. The third kappa shape index (κ3) is 3.70. The van der Waals surface area contributed by atoms with Crippen molar-refractivity contribution in [3.63, 3.8) is 0 Å². The van der Waals surface area contributed by atoms with Gasteiger partial charge in [-0.05, 0) is 23.6 Å². The number of carbonyl (C=O) groups excluding carboxylic acids is 1. The smallest absolute Gasteiger partial charge is 0.224 e. The molecule has 0 aliphatic rings. The van der Waals surface area contributed by atoms with Crippen LogP contribution in [0.2, 0.25) is 0 Å². The second-order valence-electron chi connectivity index (χ2n) is 5.38. The molecule has 0 aliphatic carbocycles. The Morgan fingerprint density at radius 1 is 1.33 bits per heavy atom. The highest BCUT2D eigenvalue weighted by atomic mass is 16.1. The Morgan fingerprint density at radius 2 is 2.10 bits per heavy atom. The van der Waals surface area contributed by atoms with Crippen molar-refractivity contribution in [1.29, 1.82) is 0 Å². The zero-order valence-corrected chi connectivity index (χ0v) is 12.5. The lowest BCUT2D eigenvalue weighted by atomic mass is 9.95. The summed E-state index contributed by atoms with van der Waals surface area (Å²) in [7, 11) is 0. The van der Waals surface area contributed by atoms with E-state index in [0.29, 0.717) is 13.1 Å². The molecule has 2 aromatic rings. The molecular formula is C16H22N4O. The van der Waals surface area contributed by atoms with Gasteiger partial charge in [-0.2, -0.15) is 5.10 Å². The molecule has 112 valence electrons. The summed E-state index contributed by atoms with van der Waals surface area (Å²) in [5, 5.41) is 7.21. The number of para-hydroxylation sites is 1. The summed E-state index contributed by atoms with van der Waals surface area (Å²) in [5.41, 5.74) is 7.67. The lowest BCUT2D eigenvalue weighted by Crippen LogP contribution is -2.37. The number of carbonyl (C=O) groups is 1. The molecule has 3 N–H and O–H groups in total. The predicted octanol–water partition coefficient (Wildman–Crippen LogP) is 1.72. The number of nitrogens with zero attached hydrogens (tertiary/aromatic N) is 2. The van der Waals surface area contributed by atoms with Gasteiger partial charge in [-0.3, -0.25) is 4.79 Å². The maximum atomic E-state index is 12.2. The molecule has 0 radical (unpaired) electrons. The third-order valence-corrected chi connectivity index (χ3v) is 3.59. The largest absolute Gasteiger partial charge is 0.352 e. The summed E-state index contributed by atoms with van der Waals surface area (Å²) in [6.45, 7) is 4.85. The van der Waals surface area contributed by atoms with Crippen LogP contribution >= 0.6 is 0 Å². The summed E-state index contributed by atoms with van der Waals surface area (Å²) in [5.74, 6) is 0.0843. The van der Waals surface area contributed by atoms with Gasteiger partial charge >= 0.3 is 0 Å². The fourth-order valence-corrected chi connectivity index (χ4v) is 2.29. The first kappa shape index (κ1) is 15.3. The second-order valence-corrected chi connectivity index (χ2v) is 5.38. The normalized spacial score (nSPS) is 12.4. The molecule has 0 spiro atoms. The molecule has 1 aromatic carbocycles. The van der Waals surface area contributed by atoms with Crippen LogP contribution in [0.5, 0.6) is 0 Å². The number of rotatable bonds is 6. The van der Waals surface area contributed by atoms with E-state index in [1.165, 1.54) is 0 Å². The minimum atomic E-state index is -0.151. The minimum Gasteiger partial charge on any atom is -0.352 e. The SMILES string of the molecule is CC(C)C(CN)C(=O)NCc1ccccc1-n1cccn1. The van der Waals surface area contributed by atoms with E-state index in [1.807, 2.05) is 50.4 Å². The van der Waals surface area contributed by atoms with Crippen molar-refractivity contribution >= 4 is 5.91 Å². The molecule has 2 rings (SSSR count). The van der Waals surface area contributed by atoms with E-state index in [2.05, 4.69) is 10.4 Å². The molecule has 0 saturated heterocycles. The Morgan fingerprint density at radius 3 is 2.71 bits per heavy atom. The Labute approximate surface area is 125 Å². The molecule has 1 heterocycles. The van der Waals surface area contributed by atoms with Crippen LogP contribution in [0.25, 0.3) is 5.69 Å². The van der Waals surface area contributed by atoms with Gasteiger partial charge in [-0.1, -0.05) is 32.0 Å². The van der Waals surface area contributed by atoms with Crippen molar-refractivity contribution in [3.8, 4) is 5.69 Å². The van der Waals surface area contributed by atoms with Crippen LogP contribution in [0.15, 0.2) is 42.7 Å². The van der Waals surface area contributed by atoms with Crippen LogP contribution < -0.4 is 11.1 Å². The van der Waals surface area contributed by atoms with Crippen LogP contribution in [0.3, 0.4) is 0 Å². The Hall–Kier alpha value is -2.14. The van der Waals surface area contributed by atoms with E-state index in [1.54, 1.807) is 10.9 Å². The van der Waals surface area contributed by atoms with Gasteiger partial charge in [-0.15, -0.1) is 0 Å². The lowest BCUT2D eigenvalue weighted by Gasteiger charge is -2.19. The Bertz CT molecular complexity index is 578. The van der Waals surface area contributed by atoms with Gasteiger partial charge in [0.15, 0.2) is 0 Å². The van der Waals surface area contributed by atoms with Gasteiger partial charge in [0.1, 0.15) is 0 Å². The summed E-state index contributed by atoms with van der Waals surface area (Å²) in [6.07, 6.45) is 3.62. The molecule has 5 heteroatoms. The quantitative estimate of drug-likeness (QED) is 0.849. The van der Waals surface area contributed by atoms with Gasteiger partial charge < -0.3 is 11.1 Å². The van der Waals surface area contributed by atoms with Crippen LogP contribution in [0.4, 0.5) is 0 Å². The molecule has 0 bridgehead atoms. The molecule has 21 heavy (non-hydrogen) atoms. The van der Waals surface area contributed by atoms with Crippen molar-refractivity contribution < 1.29 is 4.79 Å². The molecule has 0 aliphatic heterocycles. The number of benzene rings is 1. The monoisotopic (exact) mass is 286 g/mol.